The third-order valence-electron chi connectivity index (χ3n) is 0.129. The van der Waals surface area contributed by atoms with Gasteiger partial charge in [0.15, 0.2) is 0 Å². The molecule has 0 aromatic heterocycles. The molecule has 0 amide bonds. The number of rotatable bonds is 1. The number of hydrogen-bond acceptors (Lipinski definition) is 5. The van der Waals surface area contributed by atoms with E-state index in [9.17, 15) is 0 Å². The predicted octanol–water partition coefficient (Wildman–Crippen LogP) is -1.55. The lowest BCUT2D eigenvalue weighted by Crippen LogP contribution is -2.02. The van der Waals surface area contributed by atoms with Gasteiger partial charge in [0, 0.05) is 6.54 Å². The first-order valence-electron chi connectivity index (χ1n) is 1.92. The molecule has 66 valence electrons. The van der Waals surface area contributed by atoms with Crippen LogP contribution < -0.4 is 11.9 Å². The second kappa shape index (κ2) is 8.75. The minimum atomic E-state index is -4.67. The molecule has 0 aromatic carbocycles. The Hall–Kier alpha value is -0.250. The highest BCUT2D eigenvalue weighted by Gasteiger charge is 1.84. The van der Waals surface area contributed by atoms with E-state index in [0.717, 1.165) is 0 Å². The van der Waals surface area contributed by atoms with Crippen molar-refractivity contribution in [1.82, 2.24) is 6.15 Å². The normalized spacial score (nSPS) is 8.80. The van der Waals surface area contributed by atoms with Crippen molar-refractivity contribution >= 4 is 10.4 Å². The Bertz CT molecular complexity index is 121. The second-order valence-electron chi connectivity index (χ2n) is 0.960. The smallest absolute Gasteiger partial charge is 0.394 e. The van der Waals surface area contributed by atoms with E-state index in [1.54, 1.807) is 0 Å². The van der Waals surface area contributed by atoms with Crippen LogP contribution in [0.25, 0.3) is 0 Å². The molecular weight excluding hydrogens is 164 g/mol. The Morgan fingerprint density at radius 3 is 1.40 bits per heavy atom. The molecule has 8 N–H and O–H groups in total. The number of hydrogen-bond donors (Lipinski definition) is 5. The summed E-state index contributed by atoms with van der Waals surface area (Å²) in [6.45, 7) is 0.472. The Labute approximate surface area is 59.0 Å². The summed E-state index contributed by atoms with van der Waals surface area (Å²) in [6, 6.07) is 0. The van der Waals surface area contributed by atoms with Crippen molar-refractivity contribution in [3.05, 3.63) is 0 Å². The average Bonchev–Trinajstić information content (AvgIpc) is 1.61. The summed E-state index contributed by atoms with van der Waals surface area (Å²) in [5, 5.41) is 7.75. The zero-order valence-corrected chi connectivity index (χ0v) is 6.08. The molecule has 0 bridgehead atoms. The molecule has 0 saturated carbocycles. The SMILES string of the molecule is N.NCCO.O=S(=O)(O)O. The van der Waals surface area contributed by atoms with E-state index in [1.165, 1.54) is 0 Å². The van der Waals surface area contributed by atoms with Gasteiger partial charge in [-0.3, -0.25) is 9.11 Å². The van der Waals surface area contributed by atoms with Crippen molar-refractivity contribution < 1.29 is 22.6 Å². The molecule has 0 aliphatic carbocycles. The van der Waals surface area contributed by atoms with E-state index in [0.29, 0.717) is 6.54 Å². The lowest BCUT2D eigenvalue weighted by atomic mass is 10.8. The first-order valence-corrected chi connectivity index (χ1v) is 3.32. The fraction of sp³-hybridized carbons (Fsp3) is 1.00. The first kappa shape index (κ1) is 16.4. The molecule has 0 fully saturated rings. The molecule has 0 aliphatic heterocycles. The van der Waals surface area contributed by atoms with Crippen molar-refractivity contribution in [2.24, 2.45) is 5.73 Å². The van der Waals surface area contributed by atoms with Gasteiger partial charge in [0.05, 0.1) is 6.61 Å². The topological polar surface area (TPSA) is 156 Å². The standard InChI is InChI=1S/C2H7NO.H3N.H2O4S/c3-1-2-4;;1-5(2,3)4/h4H,1-3H2;1H3;(H2,1,2,3,4). The maximum atomic E-state index is 8.74. The summed E-state index contributed by atoms with van der Waals surface area (Å²) in [5.41, 5.74) is 4.78. The van der Waals surface area contributed by atoms with Gasteiger partial charge >= 0.3 is 10.4 Å². The van der Waals surface area contributed by atoms with E-state index in [-0.39, 0.29) is 12.8 Å². The molecule has 0 aromatic rings. The van der Waals surface area contributed by atoms with Gasteiger partial charge in [0.25, 0.3) is 0 Å². The molecule has 0 rings (SSSR count). The highest BCUT2D eigenvalue weighted by Crippen LogP contribution is 1.59. The summed E-state index contributed by atoms with van der Waals surface area (Å²) in [7, 11) is -4.67. The lowest BCUT2D eigenvalue weighted by molar-refractivity contribution is 0.306. The minimum Gasteiger partial charge on any atom is -0.395 e. The van der Waals surface area contributed by atoms with Crippen LogP contribution in [0.2, 0.25) is 0 Å². The molecule has 10 heavy (non-hydrogen) atoms. The predicted molar refractivity (Wildman–Crippen MR) is 35.3 cm³/mol. The molecule has 0 heterocycles. The Morgan fingerprint density at radius 1 is 1.30 bits per heavy atom. The van der Waals surface area contributed by atoms with Crippen molar-refractivity contribution in [2.75, 3.05) is 13.2 Å². The van der Waals surface area contributed by atoms with Crippen molar-refractivity contribution in [3.63, 3.8) is 0 Å². The van der Waals surface area contributed by atoms with Crippen LogP contribution in [-0.4, -0.2) is 35.8 Å². The van der Waals surface area contributed by atoms with Gasteiger partial charge in [-0.15, -0.1) is 0 Å². The monoisotopic (exact) mass is 176 g/mol. The lowest BCUT2D eigenvalue weighted by Gasteiger charge is -1.71. The maximum absolute atomic E-state index is 8.74. The molecule has 0 spiro atoms. The van der Waals surface area contributed by atoms with Crippen molar-refractivity contribution in [1.29, 1.82) is 0 Å². The largest absolute Gasteiger partial charge is 0.395 e. The first-order chi connectivity index (χ1) is 3.91. The summed E-state index contributed by atoms with van der Waals surface area (Å²) < 4.78 is 31.6. The fourth-order valence-corrected chi connectivity index (χ4v) is 0. The van der Waals surface area contributed by atoms with E-state index < -0.39 is 10.4 Å². The summed E-state index contributed by atoms with van der Waals surface area (Å²) >= 11 is 0. The molecule has 0 radical (unpaired) electrons. The Kier molecular flexibility index (Phi) is 14.3. The van der Waals surface area contributed by atoms with Gasteiger partial charge in [0.1, 0.15) is 0 Å². The minimum absolute atomic E-state index is 0. The molecule has 0 atom stereocenters. The van der Waals surface area contributed by atoms with E-state index in [4.69, 9.17) is 28.4 Å². The van der Waals surface area contributed by atoms with Crippen LogP contribution in [0.4, 0.5) is 0 Å². The highest BCUT2D eigenvalue weighted by molar-refractivity contribution is 7.79. The van der Waals surface area contributed by atoms with Gasteiger partial charge in [-0.25, -0.2) is 0 Å². The summed E-state index contributed by atoms with van der Waals surface area (Å²) in [6.07, 6.45) is 0. The molecule has 0 saturated heterocycles. The molecular formula is C2H12N2O5S. The van der Waals surface area contributed by atoms with E-state index in [1.807, 2.05) is 0 Å². The zero-order chi connectivity index (χ0) is 7.91. The van der Waals surface area contributed by atoms with Gasteiger partial charge < -0.3 is 17.0 Å². The molecule has 7 nitrogen and oxygen atoms in total. The van der Waals surface area contributed by atoms with Crippen LogP contribution in [0.3, 0.4) is 0 Å². The molecule has 0 unspecified atom stereocenters. The van der Waals surface area contributed by atoms with Crippen molar-refractivity contribution in [3.8, 4) is 0 Å². The van der Waals surface area contributed by atoms with Crippen LogP contribution in [0.5, 0.6) is 0 Å². The van der Waals surface area contributed by atoms with Crippen LogP contribution in [0.1, 0.15) is 0 Å². The van der Waals surface area contributed by atoms with E-state index in [2.05, 4.69) is 0 Å². The quantitative estimate of drug-likeness (QED) is 0.302. The third-order valence-corrected chi connectivity index (χ3v) is 0.129. The van der Waals surface area contributed by atoms with Crippen molar-refractivity contribution in [2.45, 2.75) is 0 Å². The van der Waals surface area contributed by atoms with E-state index >= 15 is 0 Å². The van der Waals surface area contributed by atoms with Gasteiger partial charge in [-0.2, -0.15) is 8.42 Å². The van der Waals surface area contributed by atoms with Gasteiger partial charge in [0.2, 0.25) is 0 Å². The fourth-order valence-electron chi connectivity index (χ4n) is 0. The number of nitrogens with two attached hydrogens (primary N) is 1. The second-order valence-corrected chi connectivity index (χ2v) is 1.86. The van der Waals surface area contributed by atoms with Crippen LogP contribution in [0.15, 0.2) is 0 Å². The van der Waals surface area contributed by atoms with Crippen LogP contribution in [0, 0.1) is 0 Å². The average molecular weight is 176 g/mol. The Morgan fingerprint density at radius 2 is 1.40 bits per heavy atom. The van der Waals surface area contributed by atoms with Gasteiger partial charge in [-0.05, 0) is 0 Å². The summed E-state index contributed by atoms with van der Waals surface area (Å²) in [5.74, 6) is 0. The highest BCUT2D eigenvalue weighted by atomic mass is 32.3. The Balaban J connectivity index is -0.0000000910. The number of aliphatic hydroxyl groups is 1. The number of aliphatic hydroxyl groups excluding tert-OH is 1. The zero-order valence-electron chi connectivity index (χ0n) is 5.27. The van der Waals surface area contributed by atoms with Crippen LogP contribution >= 0.6 is 0 Å². The van der Waals surface area contributed by atoms with Gasteiger partial charge in [-0.1, -0.05) is 0 Å². The third kappa shape index (κ3) is 628. The molecule has 8 heteroatoms. The summed E-state index contributed by atoms with van der Waals surface area (Å²) in [4.78, 5) is 0. The maximum Gasteiger partial charge on any atom is 0.394 e. The van der Waals surface area contributed by atoms with Crippen LogP contribution in [-0.2, 0) is 10.4 Å². The molecule has 0 aliphatic rings.